The van der Waals surface area contributed by atoms with Gasteiger partial charge in [0.2, 0.25) is 15.9 Å². The molecule has 2 aromatic rings. The summed E-state index contributed by atoms with van der Waals surface area (Å²) in [6, 6.07) is 15.2. The van der Waals surface area contributed by atoms with E-state index in [4.69, 9.17) is 11.6 Å². The minimum absolute atomic E-state index is 0.0198. The van der Waals surface area contributed by atoms with Crippen molar-refractivity contribution in [3.8, 4) is 0 Å². The quantitative estimate of drug-likeness (QED) is 0.470. The number of hydrogen-bond donors (Lipinski definition) is 1. The molecular formula is C22H27ClN2O3S2. The van der Waals surface area contributed by atoms with E-state index in [1.807, 2.05) is 0 Å². The first-order valence-electron chi connectivity index (χ1n) is 10.0. The summed E-state index contributed by atoms with van der Waals surface area (Å²) in [4.78, 5) is 13.6. The summed E-state index contributed by atoms with van der Waals surface area (Å²) in [5.41, 5.74) is 1.90. The number of carbonyl (C=O) groups excluding carboxylic acids is 1. The first-order chi connectivity index (χ1) is 14.3. The van der Waals surface area contributed by atoms with Crippen LogP contribution in [0.2, 0.25) is 5.02 Å². The van der Waals surface area contributed by atoms with Crippen molar-refractivity contribution in [2.45, 2.75) is 30.4 Å². The van der Waals surface area contributed by atoms with Gasteiger partial charge in [0.05, 0.1) is 5.75 Å². The molecule has 30 heavy (non-hydrogen) atoms. The number of piperidine rings is 1. The van der Waals surface area contributed by atoms with Gasteiger partial charge < -0.3 is 5.32 Å². The number of hydrogen-bond acceptors (Lipinski definition) is 4. The maximum atomic E-state index is 12.7. The van der Waals surface area contributed by atoms with Gasteiger partial charge in [-0.1, -0.05) is 41.4 Å². The van der Waals surface area contributed by atoms with Crippen LogP contribution in [0.4, 0.5) is 0 Å². The summed E-state index contributed by atoms with van der Waals surface area (Å²) in [7, 11) is -3.42. The molecule has 0 unspecified atom stereocenters. The zero-order valence-electron chi connectivity index (χ0n) is 17.0. The zero-order valence-corrected chi connectivity index (χ0v) is 19.4. The molecule has 1 saturated heterocycles. The number of thioether (sulfide) groups is 1. The standard InChI is InChI=1S/C22H27ClN2O3S2/c1-17-5-7-21(8-6-17)29-14-11-24-22(26)19-9-12-25(13-10-19)30(27,28)16-18-3-2-4-20(23)15-18/h2-8,15,19H,9-14,16H2,1H3,(H,24,26). The third-order valence-electron chi connectivity index (χ3n) is 5.15. The van der Waals surface area contributed by atoms with E-state index < -0.39 is 10.0 Å². The van der Waals surface area contributed by atoms with Gasteiger partial charge in [-0.2, -0.15) is 0 Å². The fraction of sp³-hybridized carbons (Fsp3) is 0.409. The van der Waals surface area contributed by atoms with Crippen molar-refractivity contribution in [3.63, 3.8) is 0 Å². The van der Waals surface area contributed by atoms with Crippen molar-refractivity contribution in [2.24, 2.45) is 5.92 Å². The number of aryl methyl sites for hydroxylation is 1. The van der Waals surface area contributed by atoms with Crippen LogP contribution in [0.25, 0.3) is 0 Å². The highest BCUT2D eigenvalue weighted by molar-refractivity contribution is 7.99. The Morgan fingerprint density at radius 2 is 1.87 bits per heavy atom. The Kier molecular flexibility index (Phi) is 8.22. The lowest BCUT2D eigenvalue weighted by Gasteiger charge is -2.30. The minimum Gasteiger partial charge on any atom is -0.355 e. The fourth-order valence-electron chi connectivity index (χ4n) is 3.45. The van der Waals surface area contributed by atoms with E-state index in [-0.39, 0.29) is 17.6 Å². The van der Waals surface area contributed by atoms with E-state index in [0.29, 0.717) is 43.1 Å². The van der Waals surface area contributed by atoms with Gasteiger partial charge in [-0.25, -0.2) is 12.7 Å². The average molecular weight is 467 g/mol. The van der Waals surface area contributed by atoms with Gasteiger partial charge in [-0.05, 0) is 49.6 Å². The molecule has 2 aromatic carbocycles. The first kappa shape index (κ1) is 23.1. The summed E-state index contributed by atoms with van der Waals surface area (Å²) < 4.78 is 26.9. The molecule has 1 aliphatic rings. The van der Waals surface area contributed by atoms with Gasteiger partial charge in [-0.15, -0.1) is 11.8 Å². The molecule has 0 bridgehead atoms. The number of rotatable bonds is 8. The molecule has 0 spiro atoms. The van der Waals surface area contributed by atoms with Crippen LogP contribution in [0, 0.1) is 12.8 Å². The molecule has 5 nitrogen and oxygen atoms in total. The number of sulfonamides is 1. The Labute approximate surface area is 188 Å². The Morgan fingerprint density at radius 1 is 1.17 bits per heavy atom. The lowest BCUT2D eigenvalue weighted by molar-refractivity contribution is -0.125. The summed E-state index contributed by atoms with van der Waals surface area (Å²) in [5, 5.41) is 3.52. The lowest BCUT2D eigenvalue weighted by atomic mass is 9.97. The van der Waals surface area contributed by atoms with Crippen molar-refractivity contribution in [1.29, 1.82) is 0 Å². The number of amides is 1. The van der Waals surface area contributed by atoms with Crippen LogP contribution in [0.15, 0.2) is 53.4 Å². The van der Waals surface area contributed by atoms with Gasteiger partial charge in [-0.3, -0.25) is 4.79 Å². The largest absolute Gasteiger partial charge is 0.355 e. The third-order valence-corrected chi connectivity index (χ3v) is 8.25. The van der Waals surface area contributed by atoms with Gasteiger partial charge in [0.15, 0.2) is 0 Å². The Morgan fingerprint density at radius 3 is 2.53 bits per heavy atom. The normalized spacial score (nSPS) is 15.8. The second-order valence-electron chi connectivity index (χ2n) is 7.51. The molecule has 3 rings (SSSR count). The van der Waals surface area contributed by atoms with E-state index in [1.54, 1.807) is 36.0 Å². The van der Waals surface area contributed by atoms with E-state index in [2.05, 4.69) is 36.5 Å². The van der Waals surface area contributed by atoms with Crippen molar-refractivity contribution >= 4 is 39.3 Å². The van der Waals surface area contributed by atoms with E-state index >= 15 is 0 Å². The van der Waals surface area contributed by atoms with E-state index in [0.717, 1.165) is 5.75 Å². The Balaban J connectivity index is 1.40. The monoisotopic (exact) mass is 466 g/mol. The van der Waals surface area contributed by atoms with Crippen LogP contribution in [-0.2, 0) is 20.6 Å². The minimum atomic E-state index is -3.42. The summed E-state index contributed by atoms with van der Waals surface area (Å²) in [6.45, 7) is 3.41. The second-order valence-corrected chi connectivity index (χ2v) is 11.1. The fourth-order valence-corrected chi connectivity index (χ4v) is 5.98. The first-order valence-corrected chi connectivity index (χ1v) is 13.0. The van der Waals surface area contributed by atoms with Crippen LogP contribution in [0.1, 0.15) is 24.0 Å². The molecule has 1 amide bonds. The highest BCUT2D eigenvalue weighted by Crippen LogP contribution is 2.23. The maximum Gasteiger partial charge on any atom is 0.223 e. The highest BCUT2D eigenvalue weighted by Gasteiger charge is 2.31. The number of nitrogens with one attached hydrogen (secondary N) is 1. The zero-order chi connectivity index (χ0) is 21.6. The van der Waals surface area contributed by atoms with E-state index in [1.165, 1.54) is 14.8 Å². The maximum absolute atomic E-state index is 12.7. The smallest absolute Gasteiger partial charge is 0.223 e. The number of halogens is 1. The molecule has 0 aliphatic carbocycles. The van der Waals surface area contributed by atoms with Crippen molar-refractivity contribution < 1.29 is 13.2 Å². The molecular weight excluding hydrogens is 440 g/mol. The lowest BCUT2D eigenvalue weighted by Crippen LogP contribution is -2.43. The predicted octanol–water partition coefficient (Wildman–Crippen LogP) is 4.10. The summed E-state index contributed by atoms with van der Waals surface area (Å²) in [5.74, 6) is 0.626. The van der Waals surface area contributed by atoms with Crippen molar-refractivity contribution in [2.75, 3.05) is 25.4 Å². The van der Waals surface area contributed by atoms with Crippen LogP contribution in [-0.4, -0.2) is 44.0 Å². The topological polar surface area (TPSA) is 66.5 Å². The number of nitrogens with zero attached hydrogens (tertiary/aromatic N) is 1. The van der Waals surface area contributed by atoms with Crippen LogP contribution < -0.4 is 5.32 Å². The molecule has 1 heterocycles. The van der Waals surface area contributed by atoms with Crippen LogP contribution >= 0.6 is 23.4 Å². The molecule has 0 aromatic heterocycles. The molecule has 0 radical (unpaired) electrons. The SMILES string of the molecule is Cc1ccc(SCCNC(=O)C2CCN(S(=O)(=O)Cc3cccc(Cl)c3)CC2)cc1. The average Bonchev–Trinajstić information content (AvgIpc) is 2.72. The molecule has 0 saturated carbocycles. The van der Waals surface area contributed by atoms with Crippen LogP contribution in [0.3, 0.4) is 0 Å². The number of carbonyl (C=O) groups is 1. The summed E-state index contributed by atoms with van der Waals surface area (Å²) in [6.07, 6.45) is 1.09. The van der Waals surface area contributed by atoms with Gasteiger partial charge in [0, 0.05) is 41.2 Å². The molecule has 1 aliphatic heterocycles. The van der Waals surface area contributed by atoms with Gasteiger partial charge >= 0.3 is 0 Å². The van der Waals surface area contributed by atoms with Crippen molar-refractivity contribution in [1.82, 2.24) is 9.62 Å². The molecule has 162 valence electrons. The van der Waals surface area contributed by atoms with Gasteiger partial charge in [0.1, 0.15) is 0 Å². The Hall–Kier alpha value is -1.54. The van der Waals surface area contributed by atoms with Gasteiger partial charge in [0.25, 0.3) is 0 Å². The van der Waals surface area contributed by atoms with E-state index in [9.17, 15) is 13.2 Å². The molecule has 8 heteroatoms. The Bertz CT molecular complexity index is 957. The highest BCUT2D eigenvalue weighted by atomic mass is 35.5. The van der Waals surface area contributed by atoms with Crippen molar-refractivity contribution in [3.05, 3.63) is 64.7 Å². The molecule has 0 atom stereocenters. The third kappa shape index (κ3) is 6.74. The number of benzene rings is 2. The summed E-state index contributed by atoms with van der Waals surface area (Å²) >= 11 is 7.66. The second kappa shape index (κ2) is 10.7. The predicted molar refractivity (Wildman–Crippen MR) is 123 cm³/mol. The molecule has 1 fully saturated rings. The van der Waals surface area contributed by atoms with Crippen LogP contribution in [0.5, 0.6) is 0 Å². The molecule has 1 N–H and O–H groups in total.